The maximum absolute atomic E-state index is 13.5. The van der Waals surface area contributed by atoms with Crippen LogP contribution in [0.15, 0.2) is 73.6 Å². The van der Waals surface area contributed by atoms with Crippen LogP contribution in [0.25, 0.3) is 22.2 Å². The molecule has 3 aromatic heterocycles. The van der Waals surface area contributed by atoms with E-state index < -0.39 is 41.5 Å². The van der Waals surface area contributed by atoms with Gasteiger partial charge in [-0.1, -0.05) is 30.8 Å². The average Bonchev–Trinajstić information content (AvgIpc) is 3.77. The standard InChI is InChI=1S/C46H47N11O9/c1-6-35(58)49-31-22-32(50-46-47-23-28(45(64)66-25(2)3)39(52-46)29-24-54(4)33-13-8-7-10-26(29)33)42(65-5)53-40(31)56-20-18-55(19-21-56)17-16-37(60)48-30-12-9-11-27-38(30)44(63)57(43(27)62)34-14-15-36(59)51-41(34)61/h6-13,22-25,34H,1,14-21H2,2-5H3,(H,48,60)(H,49,58)(H,47,50,52)(H,51,59,61). The second kappa shape index (κ2) is 18.6. The van der Waals surface area contributed by atoms with Gasteiger partial charge in [0.2, 0.25) is 35.5 Å². The van der Waals surface area contributed by atoms with Gasteiger partial charge in [-0.15, -0.1) is 0 Å². The minimum Gasteiger partial charge on any atom is -0.479 e. The monoisotopic (exact) mass is 897 g/mol. The molecule has 66 heavy (non-hydrogen) atoms. The number of aryl methyl sites for hydroxylation is 1. The first-order valence-electron chi connectivity index (χ1n) is 21.3. The van der Waals surface area contributed by atoms with Crippen molar-refractivity contribution in [3.05, 3.63) is 90.3 Å². The number of piperazine rings is 1. The summed E-state index contributed by atoms with van der Waals surface area (Å²) in [6, 6.07) is 12.8. The summed E-state index contributed by atoms with van der Waals surface area (Å²) in [5.74, 6) is -3.28. The molecule has 1 unspecified atom stereocenters. The number of amides is 6. The van der Waals surface area contributed by atoms with Gasteiger partial charge < -0.3 is 34.9 Å². The third-order valence-corrected chi connectivity index (χ3v) is 11.4. The number of piperidine rings is 1. The van der Waals surface area contributed by atoms with Crippen LogP contribution in [0.4, 0.5) is 28.8 Å². The van der Waals surface area contributed by atoms with Gasteiger partial charge in [0.25, 0.3) is 11.8 Å². The average molecular weight is 898 g/mol. The van der Waals surface area contributed by atoms with Crippen molar-refractivity contribution in [3.8, 4) is 17.1 Å². The zero-order valence-electron chi connectivity index (χ0n) is 36.7. The number of nitrogens with zero attached hydrogens (tertiary/aromatic N) is 7. The number of esters is 1. The van der Waals surface area contributed by atoms with Crippen molar-refractivity contribution < 1.29 is 43.0 Å². The van der Waals surface area contributed by atoms with E-state index in [-0.39, 0.29) is 65.5 Å². The van der Waals surface area contributed by atoms with E-state index in [2.05, 4.69) is 37.7 Å². The van der Waals surface area contributed by atoms with E-state index in [9.17, 15) is 33.6 Å². The lowest BCUT2D eigenvalue weighted by atomic mass is 10.0. The summed E-state index contributed by atoms with van der Waals surface area (Å²) < 4.78 is 13.2. The van der Waals surface area contributed by atoms with E-state index in [4.69, 9.17) is 19.4 Å². The number of pyridine rings is 1. The number of methoxy groups -OCH3 is 1. The van der Waals surface area contributed by atoms with E-state index in [0.29, 0.717) is 61.2 Å². The Hall–Kier alpha value is -8.00. The molecule has 6 heterocycles. The zero-order valence-corrected chi connectivity index (χ0v) is 36.7. The number of aromatic nitrogens is 4. The van der Waals surface area contributed by atoms with Gasteiger partial charge >= 0.3 is 5.97 Å². The Morgan fingerprint density at radius 3 is 2.44 bits per heavy atom. The molecule has 2 fully saturated rings. The Bertz CT molecular complexity index is 2830. The molecule has 0 bridgehead atoms. The number of nitrogens with one attached hydrogen (secondary N) is 4. The lowest BCUT2D eigenvalue weighted by molar-refractivity contribution is -0.136. The van der Waals surface area contributed by atoms with E-state index in [1.165, 1.54) is 25.4 Å². The Morgan fingerprint density at radius 1 is 0.939 bits per heavy atom. The molecule has 2 aromatic carbocycles. The van der Waals surface area contributed by atoms with Crippen LogP contribution in [-0.4, -0.2) is 123 Å². The zero-order chi connectivity index (χ0) is 46.8. The number of imide groups is 2. The van der Waals surface area contributed by atoms with Gasteiger partial charge in [-0.05, 0) is 50.6 Å². The highest BCUT2D eigenvalue weighted by atomic mass is 16.5. The van der Waals surface area contributed by atoms with Crippen LogP contribution < -0.4 is 30.9 Å². The molecule has 1 atom stereocenters. The van der Waals surface area contributed by atoms with Crippen LogP contribution in [0.3, 0.4) is 0 Å². The van der Waals surface area contributed by atoms with Crippen LogP contribution in [0.5, 0.6) is 5.88 Å². The Balaban J connectivity index is 0.961. The molecule has 6 amide bonds. The molecule has 0 spiro atoms. The molecule has 3 aliphatic rings. The number of fused-ring (bicyclic) bond motifs is 2. The minimum atomic E-state index is -1.13. The van der Waals surface area contributed by atoms with E-state index in [0.717, 1.165) is 21.9 Å². The number of ether oxygens (including phenoxy) is 2. The molecule has 3 aliphatic heterocycles. The fourth-order valence-electron chi connectivity index (χ4n) is 8.25. The first-order valence-corrected chi connectivity index (χ1v) is 21.3. The van der Waals surface area contributed by atoms with Crippen molar-refractivity contribution in [2.75, 3.05) is 60.7 Å². The van der Waals surface area contributed by atoms with Crippen molar-refractivity contribution in [1.82, 2.24) is 34.6 Å². The maximum atomic E-state index is 13.5. The van der Waals surface area contributed by atoms with Crippen LogP contribution in [0.2, 0.25) is 0 Å². The first-order chi connectivity index (χ1) is 31.7. The summed E-state index contributed by atoms with van der Waals surface area (Å²) in [5, 5.41) is 11.8. The molecule has 8 rings (SSSR count). The quantitative estimate of drug-likeness (QED) is 0.0700. The smallest absolute Gasteiger partial charge is 0.342 e. The third-order valence-electron chi connectivity index (χ3n) is 11.4. The Morgan fingerprint density at radius 2 is 1.71 bits per heavy atom. The van der Waals surface area contributed by atoms with Crippen molar-refractivity contribution >= 4 is 81.1 Å². The highest BCUT2D eigenvalue weighted by Crippen LogP contribution is 2.38. The van der Waals surface area contributed by atoms with Crippen LogP contribution in [-0.2, 0) is 31.0 Å². The molecule has 5 aromatic rings. The predicted molar refractivity (Wildman–Crippen MR) is 242 cm³/mol. The van der Waals surface area contributed by atoms with Gasteiger partial charge in [-0.3, -0.25) is 43.9 Å². The molecule has 4 N–H and O–H groups in total. The number of rotatable bonds is 14. The second-order valence-electron chi connectivity index (χ2n) is 16.1. The largest absolute Gasteiger partial charge is 0.479 e. The van der Waals surface area contributed by atoms with Gasteiger partial charge in [-0.2, -0.15) is 4.98 Å². The first kappa shape index (κ1) is 44.6. The molecule has 20 heteroatoms. The van der Waals surface area contributed by atoms with Gasteiger partial charge in [0.05, 0.1) is 41.4 Å². The molecular weight excluding hydrogens is 851 g/mol. The van der Waals surface area contributed by atoms with Crippen molar-refractivity contribution in [3.63, 3.8) is 0 Å². The number of hydrogen-bond acceptors (Lipinski definition) is 15. The predicted octanol–water partition coefficient (Wildman–Crippen LogP) is 4.02. The van der Waals surface area contributed by atoms with Crippen LogP contribution in [0.1, 0.15) is 64.2 Å². The molecule has 0 aliphatic carbocycles. The maximum Gasteiger partial charge on any atom is 0.342 e. The fraction of sp³-hybridized carbons (Fsp3) is 0.304. The summed E-state index contributed by atoms with van der Waals surface area (Å²) in [5.41, 5.74) is 3.05. The summed E-state index contributed by atoms with van der Waals surface area (Å²) in [6.45, 7) is 9.48. The summed E-state index contributed by atoms with van der Waals surface area (Å²) in [4.78, 5) is 109. The van der Waals surface area contributed by atoms with Gasteiger partial charge in [0.15, 0.2) is 5.82 Å². The Kier molecular flexibility index (Phi) is 12.6. The minimum absolute atomic E-state index is 0.00236. The second-order valence-corrected chi connectivity index (χ2v) is 16.1. The molecule has 0 radical (unpaired) electrons. The third kappa shape index (κ3) is 8.90. The number of anilines is 5. The number of para-hydroxylation sites is 1. The number of carbonyl (C=O) groups is 7. The number of carbonyl (C=O) groups excluding carboxylic acids is 7. The molecule has 2 saturated heterocycles. The van der Waals surface area contributed by atoms with Crippen molar-refractivity contribution in [2.45, 2.75) is 45.3 Å². The van der Waals surface area contributed by atoms with Gasteiger partial charge in [-0.25, -0.2) is 14.8 Å². The van der Waals surface area contributed by atoms with E-state index in [1.807, 2.05) is 47.0 Å². The number of hydrogen-bond donors (Lipinski definition) is 4. The molecule has 0 saturated carbocycles. The Labute approximate surface area is 378 Å². The highest BCUT2D eigenvalue weighted by molar-refractivity contribution is 6.26. The van der Waals surface area contributed by atoms with E-state index >= 15 is 0 Å². The summed E-state index contributed by atoms with van der Waals surface area (Å²) >= 11 is 0. The SMILES string of the molecule is C=CC(=O)Nc1cc(Nc2ncc(C(=O)OC(C)C)c(-c3cn(C)c4ccccc34)n2)c(OC)nc1N1CCN(CCC(=O)Nc2cccc3c2C(=O)N(C2CCC(=O)NC2=O)C3=O)CC1. The summed E-state index contributed by atoms with van der Waals surface area (Å²) in [7, 11) is 3.37. The van der Waals surface area contributed by atoms with Gasteiger partial charge in [0, 0.05) is 81.5 Å². The van der Waals surface area contributed by atoms with Crippen molar-refractivity contribution in [2.24, 2.45) is 7.05 Å². The van der Waals surface area contributed by atoms with Gasteiger partial charge in [0.1, 0.15) is 17.3 Å². The molecular formula is C46H47N11O9. The lowest BCUT2D eigenvalue weighted by Crippen LogP contribution is -2.54. The van der Waals surface area contributed by atoms with E-state index in [1.54, 1.807) is 26.0 Å². The normalized spacial score (nSPS) is 16.3. The molecule has 340 valence electrons. The van der Waals surface area contributed by atoms with Crippen LogP contribution >= 0.6 is 0 Å². The summed E-state index contributed by atoms with van der Waals surface area (Å²) in [6.07, 6.45) is 4.14. The molecule has 20 nitrogen and oxygen atoms in total. The van der Waals surface area contributed by atoms with Crippen LogP contribution in [0, 0.1) is 0 Å². The number of benzene rings is 2. The topological polar surface area (TPSA) is 239 Å². The fourth-order valence-corrected chi connectivity index (χ4v) is 8.25. The highest BCUT2D eigenvalue weighted by Gasteiger charge is 2.45. The van der Waals surface area contributed by atoms with Crippen molar-refractivity contribution in [1.29, 1.82) is 0 Å². The lowest BCUT2D eigenvalue weighted by Gasteiger charge is -2.36.